The molecule has 2 N–H and O–H groups in total. The smallest absolute Gasteiger partial charge is 0.216 e. The molecule has 0 aliphatic heterocycles. The highest BCUT2D eigenvalue weighted by Gasteiger charge is 2.18. The van der Waals surface area contributed by atoms with Crippen molar-refractivity contribution in [2.75, 3.05) is 0 Å². The zero-order valence-corrected chi connectivity index (χ0v) is 12.9. The molecule has 0 radical (unpaired) electrons. The molecule has 1 aromatic heterocycles. The third kappa shape index (κ3) is 4.42. The number of aliphatic hydroxyl groups excluding tert-OH is 1. The van der Waals surface area contributed by atoms with Crippen LogP contribution in [0.1, 0.15) is 35.6 Å². The highest BCUT2D eigenvalue weighted by atomic mass is 32.2. The summed E-state index contributed by atoms with van der Waals surface area (Å²) in [5.74, 6) is 1.19. The summed E-state index contributed by atoms with van der Waals surface area (Å²) in [6.07, 6.45) is 0. The lowest BCUT2D eigenvalue weighted by atomic mass is 10.1. The predicted octanol–water partition coefficient (Wildman–Crippen LogP) is 2.26. The molecule has 0 aliphatic rings. The van der Waals surface area contributed by atoms with Crippen LogP contribution in [0.3, 0.4) is 0 Å². The Balaban J connectivity index is 2.07. The number of hydrogen-bond acceptors (Lipinski definition) is 4. The number of hydrogen-bond donors (Lipinski definition) is 2. The minimum atomic E-state index is -3.49. The summed E-state index contributed by atoms with van der Waals surface area (Å²) in [5.41, 5.74) is 1.33. The summed E-state index contributed by atoms with van der Waals surface area (Å²) in [6, 6.07) is 10.0. The van der Waals surface area contributed by atoms with Gasteiger partial charge in [0, 0.05) is 0 Å². The van der Waals surface area contributed by atoms with Crippen LogP contribution in [0.2, 0.25) is 0 Å². The number of benzene rings is 1. The maximum absolute atomic E-state index is 12.2. The van der Waals surface area contributed by atoms with Crippen LogP contribution < -0.4 is 4.72 Å². The Labute approximate surface area is 124 Å². The van der Waals surface area contributed by atoms with Crippen molar-refractivity contribution >= 4 is 10.0 Å². The number of aliphatic hydroxyl groups is 1. The fourth-order valence-corrected chi connectivity index (χ4v) is 3.45. The molecule has 0 saturated heterocycles. The number of nitrogens with one attached hydrogen (secondary N) is 1. The van der Waals surface area contributed by atoms with E-state index in [2.05, 4.69) is 4.72 Å². The molecular weight excluding hydrogens is 290 g/mol. The molecule has 5 nitrogen and oxygen atoms in total. The van der Waals surface area contributed by atoms with Crippen molar-refractivity contribution in [2.45, 2.75) is 32.2 Å². The van der Waals surface area contributed by atoms with E-state index in [0.29, 0.717) is 16.9 Å². The summed E-state index contributed by atoms with van der Waals surface area (Å²) < 4.78 is 32.4. The van der Waals surface area contributed by atoms with Gasteiger partial charge in [-0.05, 0) is 37.1 Å². The molecule has 0 saturated carbocycles. The lowest BCUT2D eigenvalue weighted by molar-refractivity contribution is 0.282. The SMILES string of the molecule is Cc1ccc(C(C)NS(=O)(=O)Cc2cccc(CO)c2)o1. The normalized spacial score (nSPS) is 13.3. The van der Waals surface area contributed by atoms with Crippen LogP contribution in [-0.2, 0) is 22.4 Å². The van der Waals surface area contributed by atoms with E-state index >= 15 is 0 Å². The fraction of sp³-hybridized carbons (Fsp3) is 0.333. The molecule has 1 unspecified atom stereocenters. The van der Waals surface area contributed by atoms with Crippen LogP contribution in [0.25, 0.3) is 0 Å². The monoisotopic (exact) mass is 309 g/mol. The van der Waals surface area contributed by atoms with E-state index < -0.39 is 16.1 Å². The zero-order chi connectivity index (χ0) is 15.5. The van der Waals surface area contributed by atoms with Crippen molar-refractivity contribution in [3.05, 3.63) is 59.0 Å². The van der Waals surface area contributed by atoms with E-state index in [-0.39, 0.29) is 12.4 Å². The van der Waals surface area contributed by atoms with E-state index in [4.69, 9.17) is 9.52 Å². The van der Waals surface area contributed by atoms with Gasteiger partial charge in [0.2, 0.25) is 10.0 Å². The van der Waals surface area contributed by atoms with Crippen molar-refractivity contribution in [1.82, 2.24) is 4.72 Å². The first-order chi connectivity index (χ1) is 9.89. The van der Waals surface area contributed by atoms with Gasteiger partial charge in [-0.2, -0.15) is 0 Å². The number of rotatable bonds is 6. The summed E-state index contributed by atoms with van der Waals surface area (Å²) in [6.45, 7) is 3.44. The molecule has 21 heavy (non-hydrogen) atoms. The standard InChI is InChI=1S/C15H19NO4S/c1-11-6-7-15(20-11)12(2)16-21(18,19)10-14-5-3-4-13(8-14)9-17/h3-8,12,16-17H,9-10H2,1-2H3. The number of sulfonamides is 1. The van der Waals surface area contributed by atoms with Crippen LogP contribution in [-0.4, -0.2) is 13.5 Å². The largest absolute Gasteiger partial charge is 0.465 e. The van der Waals surface area contributed by atoms with Crippen LogP contribution >= 0.6 is 0 Å². The topological polar surface area (TPSA) is 79.5 Å². The second-order valence-corrected chi connectivity index (χ2v) is 6.78. The van der Waals surface area contributed by atoms with Gasteiger partial charge in [-0.25, -0.2) is 13.1 Å². The average Bonchev–Trinajstić information content (AvgIpc) is 2.84. The van der Waals surface area contributed by atoms with Gasteiger partial charge >= 0.3 is 0 Å². The molecular formula is C15H19NO4S. The molecule has 0 bridgehead atoms. The number of aryl methyl sites for hydroxylation is 1. The summed E-state index contributed by atoms with van der Waals surface area (Å²) in [5, 5.41) is 9.08. The maximum atomic E-state index is 12.2. The van der Waals surface area contributed by atoms with Gasteiger partial charge in [-0.3, -0.25) is 0 Å². The third-order valence-electron chi connectivity index (χ3n) is 3.07. The minimum Gasteiger partial charge on any atom is -0.465 e. The first kappa shape index (κ1) is 15.8. The Bertz CT molecular complexity index is 706. The van der Waals surface area contributed by atoms with E-state index in [0.717, 1.165) is 5.76 Å². The van der Waals surface area contributed by atoms with Gasteiger partial charge in [0.1, 0.15) is 11.5 Å². The Morgan fingerprint density at radius 2 is 1.95 bits per heavy atom. The first-order valence-corrected chi connectivity index (χ1v) is 8.30. The quantitative estimate of drug-likeness (QED) is 0.858. The minimum absolute atomic E-state index is 0.108. The highest BCUT2D eigenvalue weighted by molar-refractivity contribution is 7.88. The Morgan fingerprint density at radius 3 is 2.57 bits per heavy atom. The molecule has 114 valence electrons. The van der Waals surface area contributed by atoms with E-state index in [1.54, 1.807) is 43.3 Å². The average molecular weight is 309 g/mol. The predicted molar refractivity (Wildman–Crippen MR) is 80.0 cm³/mol. The molecule has 0 amide bonds. The van der Waals surface area contributed by atoms with E-state index in [9.17, 15) is 8.42 Å². The molecule has 2 rings (SSSR count). The molecule has 1 atom stereocenters. The second kappa shape index (κ2) is 6.43. The summed E-state index contributed by atoms with van der Waals surface area (Å²) in [7, 11) is -3.49. The lowest BCUT2D eigenvalue weighted by Gasteiger charge is -2.12. The van der Waals surface area contributed by atoms with Crippen LogP contribution in [0.15, 0.2) is 40.8 Å². The van der Waals surface area contributed by atoms with Gasteiger partial charge in [-0.1, -0.05) is 24.3 Å². The van der Waals surface area contributed by atoms with Crippen molar-refractivity contribution in [3.8, 4) is 0 Å². The number of furan rings is 1. The second-order valence-electron chi connectivity index (χ2n) is 5.03. The fourth-order valence-electron chi connectivity index (χ4n) is 2.09. The molecule has 0 fully saturated rings. The Kier molecular flexibility index (Phi) is 4.82. The highest BCUT2D eigenvalue weighted by Crippen LogP contribution is 2.17. The van der Waals surface area contributed by atoms with Gasteiger partial charge in [0.25, 0.3) is 0 Å². The third-order valence-corrected chi connectivity index (χ3v) is 4.50. The maximum Gasteiger partial charge on any atom is 0.216 e. The molecule has 0 spiro atoms. The van der Waals surface area contributed by atoms with Crippen LogP contribution in [0, 0.1) is 6.92 Å². The molecule has 0 aliphatic carbocycles. The summed E-state index contributed by atoms with van der Waals surface area (Å²) in [4.78, 5) is 0. The van der Waals surface area contributed by atoms with Crippen molar-refractivity contribution < 1.29 is 17.9 Å². The molecule has 6 heteroatoms. The lowest BCUT2D eigenvalue weighted by Crippen LogP contribution is -2.27. The first-order valence-electron chi connectivity index (χ1n) is 6.64. The van der Waals surface area contributed by atoms with Gasteiger partial charge in [0.15, 0.2) is 0 Å². The van der Waals surface area contributed by atoms with Gasteiger partial charge in [0.05, 0.1) is 18.4 Å². The van der Waals surface area contributed by atoms with Crippen molar-refractivity contribution in [2.24, 2.45) is 0 Å². The zero-order valence-electron chi connectivity index (χ0n) is 12.0. The molecule has 2 aromatic rings. The molecule has 1 heterocycles. The van der Waals surface area contributed by atoms with Crippen molar-refractivity contribution in [1.29, 1.82) is 0 Å². The summed E-state index contributed by atoms with van der Waals surface area (Å²) >= 11 is 0. The van der Waals surface area contributed by atoms with Gasteiger partial charge < -0.3 is 9.52 Å². The van der Waals surface area contributed by atoms with E-state index in [1.807, 2.05) is 6.92 Å². The Hall–Kier alpha value is -1.63. The van der Waals surface area contributed by atoms with Crippen LogP contribution in [0.4, 0.5) is 0 Å². The van der Waals surface area contributed by atoms with Crippen molar-refractivity contribution in [3.63, 3.8) is 0 Å². The Morgan fingerprint density at radius 1 is 1.24 bits per heavy atom. The van der Waals surface area contributed by atoms with Crippen LogP contribution in [0.5, 0.6) is 0 Å². The molecule has 1 aromatic carbocycles. The van der Waals surface area contributed by atoms with E-state index in [1.165, 1.54) is 0 Å². The van der Waals surface area contributed by atoms with Gasteiger partial charge in [-0.15, -0.1) is 0 Å².